The monoisotopic (exact) mass is 97.1 g/mol. The molecule has 0 aromatic heterocycles. The Labute approximate surface area is 43.4 Å². The van der Waals surface area contributed by atoms with Gasteiger partial charge in [0.25, 0.3) is 0 Å². The molecule has 0 saturated heterocycles. The fourth-order valence-corrected chi connectivity index (χ4v) is 0.621. The minimum absolute atomic E-state index is 0.922. The zero-order chi connectivity index (χ0) is 5.11. The number of rotatable bonds is 0. The number of nitrogens with two attached hydrogens (primary N) is 1. The molecule has 1 aliphatic heterocycles. The smallest absolute Gasteiger partial charge is 0.0399 e. The summed E-state index contributed by atoms with van der Waals surface area (Å²) in [6.45, 7) is 0.959. The van der Waals surface area contributed by atoms with Gasteiger partial charge in [0.15, 0.2) is 0 Å². The van der Waals surface area contributed by atoms with Crippen molar-refractivity contribution >= 4 is 0 Å². The molecule has 0 saturated carbocycles. The lowest BCUT2D eigenvalue weighted by Crippen LogP contribution is -2.11. The number of allylic oxidation sites excluding steroid dienone is 1. The first-order chi connectivity index (χ1) is 3.39. The van der Waals surface area contributed by atoms with Gasteiger partial charge in [-0.3, -0.25) is 5.32 Å². The summed E-state index contributed by atoms with van der Waals surface area (Å²) in [5, 5.41) is 3.97. The highest BCUT2D eigenvalue weighted by Gasteiger charge is 1.96. The van der Waals surface area contributed by atoms with E-state index in [4.69, 9.17) is 5.73 Å². The summed E-state index contributed by atoms with van der Waals surface area (Å²) in [6.07, 6.45) is 3.91. The molecule has 1 rings (SSSR count). The molecule has 0 fully saturated rings. The van der Waals surface area contributed by atoms with Crippen LogP contribution in [-0.4, -0.2) is 6.54 Å². The average Bonchev–Trinajstić information content (AvgIpc) is 1.69. The summed E-state index contributed by atoms with van der Waals surface area (Å²) in [5.74, 6) is 0. The largest absolute Gasteiger partial charge is 0.401 e. The number of hydrogen-bond acceptors (Lipinski definition) is 1. The molecular formula is C5H9N2. The Kier molecular flexibility index (Phi) is 1.20. The maximum atomic E-state index is 5.40. The third kappa shape index (κ3) is 1.11. The van der Waals surface area contributed by atoms with Gasteiger partial charge in [-0.25, -0.2) is 0 Å². The molecule has 0 spiro atoms. The Morgan fingerprint density at radius 2 is 2.57 bits per heavy atom. The van der Waals surface area contributed by atoms with Crippen LogP contribution in [0.15, 0.2) is 11.9 Å². The first-order valence-electron chi connectivity index (χ1n) is 2.51. The molecule has 0 aliphatic carbocycles. The van der Waals surface area contributed by atoms with Crippen LogP contribution in [0.5, 0.6) is 0 Å². The van der Waals surface area contributed by atoms with Crippen molar-refractivity contribution in [2.75, 3.05) is 6.54 Å². The van der Waals surface area contributed by atoms with Gasteiger partial charge in [0, 0.05) is 18.4 Å². The lowest BCUT2D eigenvalue weighted by molar-refractivity contribution is 0.684. The van der Waals surface area contributed by atoms with E-state index in [9.17, 15) is 0 Å². The van der Waals surface area contributed by atoms with Crippen LogP contribution >= 0.6 is 0 Å². The van der Waals surface area contributed by atoms with Gasteiger partial charge < -0.3 is 5.73 Å². The van der Waals surface area contributed by atoms with Gasteiger partial charge in [0.05, 0.1) is 0 Å². The van der Waals surface area contributed by atoms with Gasteiger partial charge in [-0.05, 0) is 12.8 Å². The Morgan fingerprint density at radius 1 is 1.71 bits per heavy atom. The standard InChI is InChI=1S/C5H9N2/c6-5-2-1-3-7-4-5/h4H,1-3,6H2. The van der Waals surface area contributed by atoms with Gasteiger partial charge in [-0.2, -0.15) is 0 Å². The quantitative estimate of drug-likeness (QED) is 0.460. The van der Waals surface area contributed by atoms with Crippen LogP contribution < -0.4 is 11.1 Å². The zero-order valence-corrected chi connectivity index (χ0v) is 4.22. The van der Waals surface area contributed by atoms with Gasteiger partial charge in [-0.1, -0.05) is 0 Å². The number of hydrogen-bond donors (Lipinski definition) is 1. The van der Waals surface area contributed by atoms with Gasteiger partial charge in [-0.15, -0.1) is 0 Å². The molecule has 0 aromatic rings. The molecule has 1 radical (unpaired) electrons. The van der Waals surface area contributed by atoms with E-state index in [1.165, 1.54) is 0 Å². The summed E-state index contributed by atoms with van der Waals surface area (Å²) < 4.78 is 0. The Bertz CT molecular complexity index is 86.1. The minimum Gasteiger partial charge on any atom is -0.401 e. The second-order valence-electron chi connectivity index (χ2n) is 1.71. The second-order valence-corrected chi connectivity index (χ2v) is 1.71. The summed E-state index contributed by atoms with van der Waals surface area (Å²) in [5.41, 5.74) is 6.32. The van der Waals surface area contributed by atoms with Crippen LogP contribution in [0.25, 0.3) is 0 Å². The number of nitrogens with zero attached hydrogens (tertiary/aromatic N) is 1. The highest BCUT2D eigenvalue weighted by Crippen LogP contribution is 2.00. The van der Waals surface area contributed by atoms with E-state index in [0.29, 0.717) is 0 Å². The van der Waals surface area contributed by atoms with Crippen LogP contribution in [0.4, 0.5) is 0 Å². The Balaban J connectivity index is 2.40. The molecular weight excluding hydrogens is 88.1 g/mol. The van der Waals surface area contributed by atoms with E-state index in [1.807, 2.05) is 0 Å². The van der Waals surface area contributed by atoms with E-state index in [-0.39, 0.29) is 0 Å². The van der Waals surface area contributed by atoms with Crippen molar-refractivity contribution in [2.24, 2.45) is 5.73 Å². The summed E-state index contributed by atoms with van der Waals surface area (Å²) >= 11 is 0. The van der Waals surface area contributed by atoms with Crippen molar-refractivity contribution in [1.82, 2.24) is 5.32 Å². The van der Waals surface area contributed by atoms with Crippen molar-refractivity contribution in [3.05, 3.63) is 11.9 Å². The summed E-state index contributed by atoms with van der Waals surface area (Å²) in [7, 11) is 0. The molecule has 1 aliphatic rings. The predicted molar refractivity (Wildman–Crippen MR) is 28.5 cm³/mol. The first-order valence-corrected chi connectivity index (χ1v) is 2.51. The van der Waals surface area contributed by atoms with Crippen LogP contribution in [0, 0.1) is 0 Å². The highest BCUT2D eigenvalue weighted by atomic mass is 14.9. The van der Waals surface area contributed by atoms with Crippen molar-refractivity contribution in [2.45, 2.75) is 12.8 Å². The van der Waals surface area contributed by atoms with Crippen LogP contribution in [0.1, 0.15) is 12.8 Å². The van der Waals surface area contributed by atoms with Crippen molar-refractivity contribution in [1.29, 1.82) is 0 Å². The van der Waals surface area contributed by atoms with E-state index in [2.05, 4.69) is 5.32 Å². The molecule has 0 amide bonds. The molecule has 7 heavy (non-hydrogen) atoms. The molecule has 0 unspecified atom stereocenters. The molecule has 39 valence electrons. The molecule has 2 heteroatoms. The fourth-order valence-electron chi connectivity index (χ4n) is 0.621. The Hall–Kier alpha value is -0.660. The predicted octanol–water partition coefficient (Wildman–Crippen LogP) is 0.185. The second kappa shape index (κ2) is 1.87. The first kappa shape index (κ1) is 4.50. The lowest BCUT2D eigenvalue weighted by Gasteiger charge is -2.05. The van der Waals surface area contributed by atoms with Crippen LogP contribution in [0.2, 0.25) is 0 Å². The summed E-state index contributed by atoms with van der Waals surface area (Å²) in [4.78, 5) is 0. The van der Waals surface area contributed by atoms with Gasteiger partial charge in [0.2, 0.25) is 0 Å². The fraction of sp³-hybridized carbons (Fsp3) is 0.600. The van der Waals surface area contributed by atoms with Crippen molar-refractivity contribution in [3.63, 3.8) is 0 Å². The molecule has 1 heterocycles. The third-order valence-electron chi connectivity index (χ3n) is 1.01. The SMILES string of the molecule is NC1=C[N]CCC1. The topological polar surface area (TPSA) is 40.1 Å². The normalized spacial score (nSPS) is 20.3. The molecule has 2 nitrogen and oxygen atoms in total. The zero-order valence-electron chi connectivity index (χ0n) is 4.22. The molecule has 0 bridgehead atoms. The van der Waals surface area contributed by atoms with Crippen molar-refractivity contribution in [3.8, 4) is 0 Å². The molecule has 0 aromatic carbocycles. The maximum Gasteiger partial charge on any atom is 0.0399 e. The van der Waals surface area contributed by atoms with Gasteiger partial charge >= 0.3 is 0 Å². The Morgan fingerprint density at radius 3 is 2.86 bits per heavy atom. The van der Waals surface area contributed by atoms with Crippen LogP contribution in [-0.2, 0) is 0 Å². The van der Waals surface area contributed by atoms with E-state index >= 15 is 0 Å². The van der Waals surface area contributed by atoms with E-state index in [1.54, 1.807) is 6.20 Å². The van der Waals surface area contributed by atoms with Gasteiger partial charge in [0.1, 0.15) is 0 Å². The maximum absolute atomic E-state index is 5.40. The third-order valence-corrected chi connectivity index (χ3v) is 1.01. The average molecular weight is 97.1 g/mol. The molecule has 2 N–H and O–H groups in total. The van der Waals surface area contributed by atoms with E-state index in [0.717, 1.165) is 25.1 Å². The minimum atomic E-state index is 0.922. The van der Waals surface area contributed by atoms with E-state index < -0.39 is 0 Å². The molecule has 0 atom stereocenters. The lowest BCUT2D eigenvalue weighted by atomic mass is 10.2. The van der Waals surface area contributed by atoms with Crippen LogP contribution in [0.3, 0.4) is 0 Å². The highest BCUT2D eigenvalue weighted by molar-refractivity contribution is 4.97. The van der Waals surface area contributed by atoms with Crippen molar-refractivity contribution < 1.29 is 0 Å². The summed E-state index contributed by atoms with van der Waals surface area (Å²) in [6, 6.07) is 0.